The highest BCUT2D eigenvalue weighted by Crippen LogP contribution is 2.22. The fourth-order valence-corrected chi connectivity index (χ4v) is 3.26. The van der Waals surface area contributed by atoms with Crippen molar-refractivity contribution in [2.24, 2.45) is 0 Å². The van der Waals surface area contributed by atoms with Crippen molar-refractivity contribution in [1.82, 2.24) is 9.55 Å². The molecule has 136 valence electrons. The molecule has 0 radical (unpaired) electrons. The number of benzene rings is 2. The van der Waals surface area contributed by atoms with Crippen molar-refractivity contribution in [1.29, 1.82) is 0 Å². The molecule has 2 heterocycles. The molecular formula is C21H18ClN3O2. The van der Waals surface area contributed by atoms with E-state index in [-0.39, 0.29) is 5.91 Å². The maximum absolute atomic E-state index is 12.6. The van der Waals surface area contributed by atoms with Crippen molar-refractivity contribution in [2.75, 3.05) is 19.0 Å². The van der Waals surface area contributed by atoms with Gasteiger partial charge in [0.25, 0.3) is 5.91 Å². The Labute approximate surface area is 161 Å². The van der Waals surface area contributed by atoms with Crippen LogP contribution in [0.1, 0.15) is 10.4 Å². The van der Waals surface area contributed by atoms with Crippen molar-refractivity contribution in [3.8, 4) is 0 Å². The Hall–Kier alpha value is -2.89. The number of pyridine rings is 1. The van der Waals surface area contributed by atoms with Crippen LogP contribution in [0.4, 0.5) is 5.69 Å². The Morgan fingerprint density at radius 2 is 2.00 bits per heavy atom. The van der Waals surface area contributed by atoms with Gasteiger partial charge in [0, 0.05) is 47.4 Å². The number of ether oxygens (including phenoxy) is 1. The van der Waals surface area contributed by atoms with E-state index in [9.17, 15) is 4.79 Å². The molecule has 0 spiro atoms. The van der Waals surface area contributed by atoms with Crippen molar-refractivity contribution in [2.45, 2.75) is 6.54 Å². The quantitative estimate of drug-likeness (QED) is 0.509. The van der Waals surface area contributed by atoms with Crippen LogP contribution in [-0.2, 0) is 11.3 Å². The molecule has 0 aliphatic carbocycles. The number of nitrogens with zero attached hydrogens (tertiary/aromatic N) is 2. The first kappa shape index (κ1) is 17.5. The summed E-state index contributed by atoms with van der Waals surface area (Å²) in [5.41, 5.74) is 3.20. The first-order valence-electron chi connectivity index (χ1n) is 8.59. The minimum absolute atomic E-state index is 0.162. The lowest BCUT2D eigenvalue weighted by molar-refractivity contribution is 0.102. The lowest BCUT2D eigenvalue weighted by atomic mass is 10.1. The number of amides is 1. The zero-order valence-corrected chi connectivity index (χ0v) is 15.5. The number of fused-ring (bicyclic) bond motifs is 2. The summed E-state index contributed by atoms with van der Waals surface area (Å²) in [5.74, 6) is -0.162. The molecule has 0 saturated heterocycles. The van der Waals surface area contributed by atoms with Crippen LogP contribution >= 0.6 is 11.6 Å². The molecule has 5 nitrogen and oxygen atoms in total. The van der Waals surface area contributed by atoms with Crippen molar-refractivity contribution >= 4 is 45.0 Å². The molecule has 0 bridgehead atoms. The molecule has 0 atom stereocenters. The van der Waals surface area contributed by atoms with Gasteiger partial charge in [-0.2, -0.15) is 0 Å². The Balaban J connectivity index is 1.56. The third-order valence-corrected chi connectivity index (χ3v) is 4.69. The molecule has 0 aliphatic heterocycles. The molecule has 0 unspecified atom stereocenters. The number of rotatable bonds is 5. The van der Waals surface area contributed by atoms with Crippen molar-refractivity contribution < 1.29 is 9.53 Å². The number of methoxy groups -OCH3 is 1. The number of carbonyl (C=O) groups is 1. The first-order chi connectivity index (χ1) is 13.1. The summed E-state index contributed by atoms with van der Waals surface area (Å²) < 4.78 is 7.27. The molecule has 4 rings (SSSR count). The monoisotopic (exact) mass is 379 g/mol. The number of hydrogen-bond donors (Lipinski definition) is 1. The van der Waals surface area contributed by atoms with E-state index in [1.165, 1.54) is 0 Å². The predicted molar refractivity (Wildman–Crippen MR) is 109 cm³/mol. The number of halogens is 1. The molecule has 27 heavy (non-hydrogen) atoms. The highest BCUT2D eigenvalue weighted by atomic mass is 35.5. The number of anilines is 1. The van der Waals surface area contributed by atoms with E-state index in [1.807, 2.05) is 42.6 Å². The molecule has 0 fully saturated rings. The van der Waals surface area contributed by atoms with Gasteiger partial charge >= 0.3 is 0 Å². The number of hydrogen-bond acceptors (Lipinski definition) is 3. The Morgan fingerprint density at radius 1 is 1.11 bits per heavy atom. The maximum atomic E-state index is 12.6. The van der Waals surface area contributed by atoms with Gasteiger partial charge in [0.1, 0.15) is 5.15 Å². The van der Waals surface area contributed by atoms with Crippen LogP contribution in [0.15, 0.2) is 60.8 Å². The Kier molecular flexibility index (Phi) is 4.79. The van der Waals surface area contributed by atoms with Crippen LogP contribution in [0, 0.1) is 0 Å². The third-order valence-electron chi connectivity index (χ3n) is 4.48. The van der Waals surface area contributed by atoms with E-state index >= 15 is 0 Å². The van der Waals surface area contributed by atoms with Gasteiger partial charge in [-0.1, -0.05) is 11.6 Å². The largest absolute Gasteiger partial charge is 0.383 e. The van der Waals surface area contributed by atoms with Crippen molar-refractivity contribution in [3.63, 3.8) is 0 Å². The van der Waals surface area contributed by atoms with Crippen LogP contribution in [-0.4, -0.2) is 29.2 Å². The van der Waals surface area contributed by atoms with Gasteiger partial charge in [0.15, 0.2) is 0 Å². The lowest BCUT2D eigenvalue weighted by Crippen LogP contribution is -2.11. The number of aromatic nitrogens is 2. The van der Waals surface area contributed by atoms with Gasteiger partial charge in [-0.05, 0) is 54.6 Å². The lowest BCUT2D eigenvalue weighted by Gasteiger charge is -2.08. The van der Waals surface area contributed by atoms with E-state index < -0.39 is 0 Å². The van der Waals surface area contributed by atoms with Crippen LogP contribution in [0.2, 0.25) is 5.15 Å². The SMILES string of the molecule is COCCn1ccc2cc(NC(=O)c3ccc4nc(Cl)ccc4c3)ccc21. The van der Waals surface area contributed by atoms with E-state index in [0.29, 0.717) is 17.3 Å². The van der Waals surface area contributed by atoms with E-state index in [4.69, 9.17) is 16.3 Å². The van der Waals surface area contributed by atoms with Gasteiger partial charge < -0.3 is 14.6 Å². The number of nitrogens with one attached hydrogen (secondary N) is 1. The first-order valence-corrected chi connectivity index (χ1v) is 8.97. The molecule has 2 aromatic carbocycles. The molecule has 2 aromatic heterocycles. The fraction of sp³-hybridized carbons (Fsp3) is 0.143. The van der Waals surface area contributed by atoms with E-state index in [0.717, 1.165) is 34.0 Å². The smallest absolute Gasteiger partial charge is 0.255 e. The van der Waals surface area contributed by atoms with Gasteiger partial charge in [0.05, 0.1) is 12.1 Å². The van der Waals surface area contributed by atoms with Crippen LogP contribution < -0.4 is 5.32 Å². The molecule has 4 aromatic rings. The van der Waals surface area contributed by atoms with Crippen LogP contribution in [0.25, 0.3) is 21.8 Å². The molecule has 0 aliphatic rings. The summed E-state index contributed by atoms with van der Waals surface area (Å²) in [5, 5.41) is 5.34. The van der Waals surface area contributed by atoms with Gasteiger partial charge in [0.2, 0.25) is 0 Å². The highest BCUT2D eigenvalue weighted by Gasteiger charge is 2.09. The topological polar surface area (TPSA) is 56.1 Å². The average Bonchev–Trinajstić information content (AvgIpc) is 3.08. The standard InChI is InChI=1S/C21H18ClN3O2/c1-27-11-10-25-9-8-15-13-17(4-6-19(15)25)23-21(26)16-2-5-18-14(12-16)3-7-20(22)24-18/h2-9,12-13H,10-11H2,1H3,(H,23,26). The van der Waals surface area contributed by atoms with Crippen molar-refractivity contribution in [3.05, 3.63) is 71.5 Å². The fourth-order valence-electron chi connectivity index (χ4n) is 3.11. The zero-order valence-electron chi connectivity index (χ0n) is 14.8. The normalized spacial score (nSPS) is 11.2. The summed E-state index contributed by atoms with van der Waals surface area (Å²) in [6.45, 7) is 1.45. The van der Waals surface area contributed by atoms with Gasteiger partial charge in [-0.3, -0.25) is 4.79 Å². The van der Waals surface area contributed by atoms with Gasteiger partial charge in [-0.15, -0.1) is 0 Å². The van der Waals surface area contributed by atoms with Crippen LogP contribution in [0.5, 0.6) is 0 Å². The second kappa shape index (κ2) is 7.39. The molecular weight excluding hydrogens is 362 g/mol. The summed E-state index contributed by atoms with van der Waals surface area (Å²) in [4.78, 5) is 16.9. The highest BCUT2D eigenvalue weighted by molar-refractivity contribution is 6.29. The molecule has 6 heteroatoms. The number of carbonyl (C=O) groups excluding carboxylic acids is 1. The summed E-state index contributed by atoms with van der Waals surface area (Å²) in [6, 6.07) is 16.9. The van der Waals surface area contributed by atoms with E-state index in [2.05, 4.69) is 14.9 Å². The molecule has 1 N–H and O–H groups in total. The summed E-state index contributed by atoms with van der Waals surface area (Å²) in [7, 11) is 1.69. The second-order valence-electron chi connectivity index (χ2n) is 6.27. The third kappa shape index (κ3) is 3.65. The molecule has 0 saturated carbocycles. The predicted octanol–water partition coefficient (Wildman–Crippen LogP) is 4.74. The summed E-state index contributed by atoms with van der Waals surface area (Å²) in [6.07, 6.45) is 2.02. The van der Waals surface area contributed by atoms with Gasteiger partial charge in [-0.25, -0.2) is 4.98 Å². The average molecular weight is 380 g/mol. The maximum Gasteiger partial charge on any atom is 0.255 e. The summed E-state index contributed by atoms with van der Waals surface area (Å²) >= 11 is 5.91. The minimum atomic E-state index is -0.162. The minimum Gasteiger partial charge on any atom is -0.383 e. The zero-order chi connectivity index (χ0) is 18.8. The Bertz CT molecular complexity index is 1140. The molecule has 1 amide bonds. The van der Waals surface area contributed by atoms with E-state index in [1.54, 1.807) is 25.3 Å². The Morgan fingerprint density at radius 3 is 2.85 bits per heavy atom. The van der Waals surface area contributed by atoms with Crippen LogP contribution in [0.3, 0.4) is 0 Å². The second-order valence-corrected chi connectivity index (χ2v) is 6.66.